The molecular formula is C9H6ClNO5. The molecule has 1 rings (SSSR count). The molecule has 0 bridgehead atoms. The minimum atomic E-state index is -1.02. The van der Waals surface area contributed by atoms with E-state index in [1.165, 1.54) is 7.11 Å². The van der Waals surface area contributed by atoms with Crippen LogP contribution in [0.5, 0.6) is 5.75 Å². The first kappa shape index (κ1) is 12.1. The summed E-state index contributed by atoms with van der Waals surface area (Å²) in [5, 5.41) is 9.71. The van der Waals surface area contributed by atoms with Crippen molar-refractivity contribution in [1.82, 2.24) is 0 Å². The molecular weight excluding hydrogens is 238 g/mol. The Morgan fingerprint density at radius 1 is 1.56 bits per heavy atom. The van der Waals surface area contributed by atoms with Gasteiger partial charge >= 0.3 is 5.69 Å². The van der Waals surface area contributed by atoms with E-state index in [0.29, 0.717) is 6.29 Å². The summed E-state index contributed by atoms with van der Waals surface area (Å²) in [6.07, 6.45) is 0.440. The monoisotopic (exact) mass is 243 g/mol. The van der Waals surface area contributed by atoms with Crippen LogP contribution in [0, 0.1) is 10.1 Å². The molecule has 0 aliphatic carbocycles. The number of nitro benzene ring substituents is 1. The number of ether oxygens (including phenoxy) is 1. The van der Waals surface area contributed by atoms with Crippen molar-refractivity contribution in [1.29, 1.82) is 0 Å². The number of rotatable bonds is 4. The molecule has 0 radical (unpaired) electrons. The fraction of sp³-hybridized carbons (Fsp3) is 0.111. The minimum absolute atomic E-state index is 0.0754. The van der Waals surface area contributed by atoms with Gasteiger partial charge in [0.1, 0.15) is 11.8 Å². The largest absolute Gasteiger partial charge is 0.490 e. The van der Waals surface area contributed by atoms with Gasteiger partial charge in [0, 0.05) is 5.56 Å². The Morgan fingerprint density at radius 3 is 2.56 bits per heavy atom. The van der Waals surface area contributed by atoms with Crippen LogP contribution in [-0.2, 0) is 0 Å². The van der Waals surface area contributed by atoms with Gasteiger partial charge in [-0.1, -0.05) is 0 Å². The molecule has 0 spiro atoms. The average Bonchev–Trinajstić information content (AvgIpc) is 2.26. The molecule has 0 atom stereocenters. The number of hydrogen-bond donors (Lipinski definition) is 0. The molecule has 16 heavy (non-hydrogen) atoms. The lowest BCUT2D eigenvalue weighted by molar-refractivity contribution is -0.386. The van der Waals surface area contributed by atoms with Gasteiger partial charge in [0.2, 0.25) is 0 Å². The second-order valence-electron chi connectivity index (χ2n) is 2.77. The van der Waals surface area contributed by atoms with Crippen LogP contribution in [-0.4, -0.2) is 23.6 Å². The van der Waals surface area contributed by atoms with Crippen LogP contribution in [0.25, 0.3) is 0 Å². The number of nitrogens with zero attached hydrogens (tertiary/aromatic N) is 1. The van der Waals surface area contributed by atoms with Crippen molar-refractivity contribution in [3.63, 3.8) is 0 Å². The highest BCUT2D eigenvalue weighted by molar-refractivity contribution is 6.68. The second-order valence-corrected chi connectivity index (χ2v) is 3.11. The maximum Gasteiger partial charge on any atom is 0.323 e. The summed E-state index contributed by atoms with van der Waals surface area (Å²) in [5.41, 5.74) is -0.840. The van der Waals surface area contributed by atoms with E-state index in [1.54, 1.807) is 0 Å². The molecule has 1 aromatic rings. The van der Waals surface area contributed by atoms with Crippen molar-refractivity contribution in [3.05, 3.63) is 33.4 Å². The number of methoxy groups -OCH3 is 1. The predicted octanol–water partition coefficient (Wildman–Crippen LogP) is 1.79. The molecule has 0 fully saturated rings. The molecule has 0 aliphatic rings. The summed E-state index contributed by atoms with van der Waals surface area (Å²) in [4.78, 5) is 31.5. The van der Waals surface area contributed by atoms with Gasteiger partial charge in [-0.3, -0.25) is 19.7 Å². The molecule has 7 heteroatoms. The zero-order chi connectivity index (χ0) is 12.3. The van der Waals surface area contributed by atoms with E-state index in [-0.39, 0.29) is 16.9 Å². The van der Waals surface area contributed by atoms with Gasteiger partial charge in [0.05, 0.1) is 12.0 Å². The van der Waals surface area contributed by atoms with Gasteiger partial charge in [-0.25, -0.2) is 0 Å². The Balaban J connectivity index is 3.59. The number of hydrogen-bond acceptors (Lipinski definition) is 5. The van der Waals surface area contributed by atoms with E-state index in [4.69, 9.17) is 16.3 Å². The lowest BCUT2D eigenvalue weighted by Crippen LogP contribution is -2.03. The maximum atomic E-state index is 11.0. The Bertz CT molecular complexity index is 471. The summed E-state index contributed by atoms with van der Waals surface area (Å²) in [5.74, 6) is -0.182. The van der Waals surface area contributed by atoms with Gasteiger partial charge in [0.15, 0.2) is 5.75 Å². The molecule has 0 N–H and O–H groups in total. The highest BCUT2D eigenvalue weighted by Crippen LogP contribution is 2.32. The van der Waals surface area contributed by atoms with Gasteiger partial charge in [-0.05, 0) is 23.7 Å². The molecule has 6 nitrogen and oxygen atoms in total. The molecule has 0 aliphatic heterocycles. The molecule has 0 saturated carbocycles. The Hall–Kier alpha value is -1.95. The van der Waals surface area contributed by atoms with E-state index in [2.05, 4.69) is 0 Å². The molecule has 0 aromatic heterocycles. The van der Waals surface area contributed by atoms with E-state index >= 15 is 0 Å². The smallest absolute Gasteiger partial charge is 0.323 e. The fourth-order valence-electron chi connectivity index (χ4n) is 1.19. The Morgan fingerprint density at radius 2 is 2.19 bits per heavy atom. The molecule has 0 saturated heterocycles. The van der Waals surface area contributed by atoms with E-state index in [0.717, 1.165) is 12.1 Å². The van der Waals surface area contributed by atoms with Crippen molar-refractivity contribution in [2.24, 2.45) is 0 Å². The summed E-state index contributed by atoms with van der Waals surface area (Å²) < 4.78 is 4.73. The zero-order valence-corrected chi connectivity index (χ0v) is 8.85. The highest BCUT2D eigenvalue weighted by atomic mass is 35.5. The highest BCUT2D eigenvalue weighted by Gasteiger charge is 2.25. The van der Waals surface area contributed by atoms with Crippen LogP contribution < -0.4 is 4.74 Å². The number of halogens is 1. The summed E-state index contributed by atoms with van der Waals surface area (Å²) in [7, 11) is 1.19. The van der Waals surface area contributed by atoms with Gasteiger partial charge < -0.3 is 4.74 Å². The average molecular weight is 244 g/mol. The third kappa shape index (κ3) is 2.17. The van der Waals surface area contributed by atoms with E-state index in [1.807, 2.05) is 0 Å². The van der Waals surface area contributed by atoms with Crippen molar-refractivity contribution in [2.45, 2.75) is 0 Å². The first-order valence-corrected chi connectivity index (χ1v) is 4.40. The van der Waals surface area contributed by atoms with E-state index < -0.39 is 15.9 Å². The van der Waals surface area contributed by atoms with Crippen LogP contribution >= 0.6 is 11.6 Å². The van der Waals surface area contributed by atoms with Crippen molar-refractivity contribution >= 4 is 28.8 Å². The lowest BCUT2D eigenvalue weighted by atomic mass is 10.1. The number of carbonyl (C=O) groups is 2. The third-order valence-corrected chi connectivity index (χ3v) is 2.05. The zero-order valence-electron chi connectivity index (χ0n) is 8.10. The van der Waals surface area contributed by atoms with Crippen LogP contribution in [0.4, 0.5) is 5.69 Å². The van der Waals surface area contributed by atoms with Gasteiger partial charge in [-0.2, -0.15) is 0 Å². The number of nitro groups is 1. The standard InChI is InChI=1S/C9H6ClNO5/c1-16-7-3-5(4-12)2-6(9(10)13)8(7)11(14)15/h2-4H,1H3. The number of aldehydes is 1. The van der Waals surface area contributed by atoms with Gasteiger partial charge in [0.25, 0.3) is 5.24 Å². The van der Waals surface area contributed by atoms with Crippen LogP contribution in [0.1, 0.15) is 20.7 Å². The topological polar surface area (TPSA) is 86.5 Å². The molecule has 0 amide bonds. The van der Waals surface area contributed by atoms with Gasteiger partial charge in [-0.15, -0.1) is 0 Å². The first-order chi connectivity index (χ1) is 7.51. The predicted molar refractivity (Wildman–Crippen MR) is 55.2 cm³/mol. The molecule has 1 aromatic carbocycles. The van der Waals surface area contributed by atoms with Crippen molar-refractivity contribution in [3.8, 4) is 5.75 Å². The fourth-order valence-corrected chi connectivity index (χ4v) is 1.34. The van der Waals surface area contributed by atoms with Crippen LogP contribution in [0.3, 0.4) is 0 Å². The number of carbonyl (C=O) groups excluding carboxylic acids is 2. The minimum Gasteiger partial charge on any atom is -0.490 e. The second kappa shape index (κ2) is 4.71. The maximum absolute atomic E-state index is 11.0. The summed E-state index contributed by atoms with van der Waals surface area (Å²) in [6, 6.07) is 2.21. The van der Waals surface area contributed by atoms with Crippen molar-refractivity contribution in [2.75, 3.05) is 7.11 Å². The van der Waals surface area contributed by atoms with Crippen LogP contribution in [0.15, 0.2) is 12.1 Å². The lowest BCUT2D eigenvalue weighted by Gasteiger charge is -2.05. The quantitative estimate of drug-likeness (QED) is 0.348. The SMILES string of the molecule is COc1cc(C=O)cc(C(=O)Cl)c1[N+](=O)[O-]. The summed E-state index contributed by atoms with van der Waals surface area (Å²) >= 11 is 5.20. The number of benzene rings is 1. The van der Waals surface area contributed by atoms with Crippen LogP contribution in [0.2, 0.25) is 0 Å². The third-order valence-electron chi connectivity index (χ3n) is 1.85. The Labute approximate surface area is 94.9 Å². The van der Waals surface area contributed by atoms with Crippen molar-refractivity contribution < 1.29 is 19.2 Å². The first-order valence-electron chi connectivity index (χ1n) is 4.02. The molecule has 84 valence electrons. The molecule has 0 heterocycles. The summed E-state index contributed by atoms with van der Waals surface area (Å²) in [6.45, 7) is 0. The van der Waals surface area contributed by atoms with E-state index in [9.17, 15) is 19.7 Å². The Kier molecular flexibility index (Phi) is 3.57. The normalized spacial score (nSPS) is 9.62. The molecule has 0 unspecified atom stereocenters.